The van der Waals surface area contributed by atoms with Gasteiger partial charge in [-0.2, -0.15) is 5.26 Å². The highest BCUT2D eigenvalue weighted by Crippen LogP contribution is 2.52. The molecule has 1 heterocycles. The fourth-order valence-corrected chi connectivity index (χ4v) is 5.65. The summed E-state index contributed by atoms with van der Waals surface area (Å²) < 4.78 is 5.76. The van der Waals surface area contributed by atoms with E-state index in [9.17, 15) is 25.1 Å². The minimum Gasteiger partial charge on any atom is -0.396 e. The Bertz CT molecular complexity index is 1080. The topological polar surface area (TPSA) is 111 Å². The van der Waals surface area contributed by atoms with Gasteiger partial charge in [0.1, 0.15) is 0 Å². The minimum absolute atomic E-state index is 0.152. The molecule has 7 heteroatoms. The number of amides is 2. The van der Waals surface area contributed by atoms with Gasteiger partial charge < -0.3 is 14.9 Å². The first-order valence-corrected chi connectivity index (χ1v) is 10.6. The van der Waals surface area contributed by atoms with Crippen molar-refractivity contribution in [2.24, 2.45) is 17.8 Å². The van der Waals surface area contributed by atoms with Crippen LogP contribution in [0.3, 0.4) is 0 Å². The molecule has 1 aliphatic heterocycles. The van der Waals surface area contributed by atoms with E-state index >= 15 is 0 Å². The van der Waals surface area contributed by atoms with Crippen LogP contribution in [0, 0.1) is 29.1 Å². The van der Waals surface area contributed by atoms with Crippen LogP contribution < -0.4 is 4.90 Å². The second-order valence-corrected chi connectivity index (χ2v) is 8.39. The largest absolute Gasteiger partial charge is 0.396 e. The molecule has 2 aromatic carbocycles. The number of methoxy groups -OCH3 is 1. The highest BCUT2D eigenvalue weighted by molar-refractivity contribution is 6.25. The van der Waals surface area contributed by atoms with E-state index in [-0.39, 0.29) is 37.2 Å². The standard InChI is InChI=1S/C24H26N2O5/c1-3-15-19(28)12-24(31-2,10-11-27)21-20(15)22(29)26(23(21)30)18-9-8-14(13-25)16-6-4-5-7-17(16)18/h4-9,15,19-21,27-28H,3,10-12H2,1-2H3/t15?,19-,20-,21+,24?/m1/s1. The van der Waals surface area contributed by atoms with Crippen LogP contribution >= 0.6 is 0 Å². The number of hydrogen-bond donors (Lipinski definition) is 2. The summed E-state index contributed by atoms with van der Waals surface area (Å²) in [4.78, 5) is 28.6. The third kappa shape index (κ3) is 3.06. The summed E-state index contributed by atoms with van der Waals surface area (Å²) in [6, 6.07) is 12.6. The quantitative estimate of drug-likeness (QED) is 0.716. The van der Waals surface area contributed by atoms with Crippen LogP contribution in [0.2, 0.25) is 0 Å². The maximum atomic E-state index is 13.8. The van der Waals surface area contributed by atoms with Gasteiger partial charge >= 0.3 is 0 Å². The summed E-state index contributed by atoms with van der Waals surface area (Å²) in [6.07, 6.45) is 0.0682. The van der Waals surface area contributed by atoms with Gasteiger partial charge in [-0.25, -0.2) is 4.90 Å². The number of aliphatic hydroxyl groups is 2. The smallest absolute Gasteiger partial charge is 0.240 e. The Morgan fingerprint density at radius 1 is 1.19 bits per heavy atom. The molecule has 1 saturated carbocycles. The van der Waals surface area contributed by atoms with Crippen LogP contribution in [0.15, 0.2) is 36.4 Å². The molecule has 0 spiro atoms. The number of imide groups is 1. The average molecular weight is 422 g/mol. The Balaban J connectivity index is 1.90. The average Bonchev–Trinajstić information content (AvgIpc) is 3.04. The second kappa shape index (κ2) is 8.04. The van der Waals surface area contributed by atoms with Crippen molar-refractivity contribution in [2.45, 2.75) is 37.9 Å². The minimum atomic E-state index is -1.12. The van der Waals surface area contributed by atoms with E-state index < -0.39 is 23.5 Å². The molecule has 0 aromatic heterocycles. The molecule has 2 aliphatic rings. The number of fused-ring (bicyclic) bond motifs is 2. The zero-order chi connectivity index (χ0) is 22.3. The van der Waals surface area contributed by atoms with Crippen LogP contribution in [-0.2, 0) is 14.3 Å². The lowest BCUT2D eigenvalue weighted by Crippen LogP contribution is -2.56. The highest BCUT2D eigenvalue weighted by Gasteiger charge is 2.64. The molecule has 1 saturated heterocycles. The summed E-state index contributed by atoms with van der Waals surface area (Å²) in [7, 11) is 1.46. The number of aliphatic hydroxyl groups excluding tert-OH is 2. The summed E-state index contributed by atoms with van der Waals surface area (Å²) in [5.41, 5.74) is -0.226. The van der Waals surface area contributed by atoms with Crippen molar-refractivity contribution in [3.63, 3.8) is 0 Å². The van der Waals surface area contributed by atoms with Crippen molar-refractivity contribution in [1.82, 2.24) is 0 Å². The van der Waals surface area contributed by atoms with E-state index in [0.29, 0.717) is 28.4 Å². The van der Waals surface area contributed by atoms with Gasteiger partial charge in [-0.1, -0.05) is 37.6 Å². The predicted molar refractivity (Wildman–Crippen MR) is 114 cm³/mol. The Hall–Kier alpha value is -2.79. The van der Waals surface area contributed by atoms with Crippen molar-refractivity contribution < 1.29 is 24.5 Å². The summed E-state index contributed by atoms with van der Waals surface area (Å²) in [5, 5.41) is 31.3. The molecular formula is C24H26N2O5. The number of carbonyl (C=O) groups is 2. The van der Waals surface area contributed by atoms with E-state index in [2.05, 4.69) is 6.07 Å². The molecule has 2 N–H and O–H groups in total. The van der Waals surface area contributed by atoms with Crippen LogP contribution in [0.4, 0.5) is 5.69 Å². The third-order valence-electron chi connectivity index (χ3n) is 7.10. The van der Waals surface area contributed by atoms with Gasteiger partial charge in [-0.05, 0) is 18.1 Å². The van der Waals surface area contributed by atoms with Gasteiger partial charge in [0, 0.05) is 37.3 Å². The first-order valence-electron chi connectivity index (χ1n) is 10.6. The molecule has 5 atom stereocenters. The van der Waals surface area contributed by atoms with Crippen LogP contribution in [0.25, 0.3) is 10.8 Å². The highest BCUT2D eigenvalue weighted by atomic mass is 16.5. The fourth-order valence-electron chi connectivity index (χ4n) is 5.65. The number of nitrogens with zero attached hydrogens (tertiary/aromatic N) is 2. The lowest BCUT2D eigenvalue weighted by Gasteiger charge is -2.47. The van der Waals surface area contributed by atoms with Gasteiger partial charge in [0.15, 0.2) is 0 Å². The summed E-state index contributed by atoms with van der Waals surface area (Å²) in [5.74, 6) is -2.65. The van der Waals surface area contributed by atoms with E-state index in [1.165, 1.54) is 12.0 Å². The van der Waals surface area contributed by atoms with E-state index in [1.807, 2.05) is 6.92 Å². The number of anilines is 1. The van der Waals surface area contributed by atoms with Gasteiger partial charge in [0.05, 0.1) is 40.9 Å². The number of carbonyl (C=O) groups excluding carboxylic acids is 2. The Morgan fingerprint density at radius 2 is 1.90 bits per heavy atom. The Labute approximate surface area is 180 Å². The number of rotatable bonds is 5. The molecule has 7 nitrogen and oxygen atoms in total. The van der Waals surface area contributed by atoms with Gasteiger partial charge in [0.2, 0.25) is 11.8 Å². The van der Waals surface area contributed by atoms with Gasteiger partial charge in [-0.3, -0.25) is 9.59 Å². The van der Waals surface area contributed by atoms with Crippen molar-refractivity contribution in [1.29, 1.82) is 5.26 Å². The summed E-state index contributed by atoms with van der Waals surface area (Å²) in [6.45, 7) is 1.68. The number of ether oxygens (including phenoxy) is 1. The molecule has 0 radical (unpaired) electrons. The van der Waals surface area contributed by atoms with Crippen LogP contribution in [0.5, 0.6) is 0 Å². The normalized spacial score (nSPS) is 30.5. The molecule has 2 unspecified atom stereocenters. The molecule has 4 rings (SSSR count). The van der Waals surface area contributed by atoms with Crippen LogP contribution in [-0.4, -0.2) is 47.4 Å². The van der Waals surface area contributed by atoms with Gasteiger partial charge in [0.25, 0.3) is 0 Å². The van der Waals surface area contributed by atoms with Crippen LogP contribution in [0.1, 0.15) is 31.7 Å². The Kier molecular flexibility index (Phi) is 5.56. The monoisotopic (exact) mass is 422 g/mol. The van der Waals surface area contributed by atoms with Crippen molar-refractivity contribution in [2.75, 3.05) is 18.6 Å². The fraction of sp³-hybridized carbons (Fsp3) is 0.458. The number of benzene rings is 2. The Morgan fingerprint density at radius 3 is 2.52 bits per heavy atom. The zero-order valence-electron chi connectivity index (χ0n) is 17.6. The zero-order valence-corrected chi connectivity index (χ0v) is 17.6. The number of hydrogen-bond acceptors (Lipinski definition) is 6. The molecule has 1 aliphatic carbocycles. The van der Waals surface area contributed by atoms with E-state index in [4.69, 9.17) is 4.74 Å². The SMILES string of the molecule is CCC1[C@H](O)CC(CCO)(OC)[C@@H]2C(=O)N(c3ccc(C#N)c4ccccc34)C(=O)[C@H]12. The molecule has 162 valence electrons. The second-order valence-electron chi connectivity index (χ2n) is 8.39. The van der Waals surface area contributed by atoms with Gasteiger partial charge in [-0.15, -0.1) is 0 Å². The maximum absolute atomic E-state index is 13.8. The summed E-state index contributed by atoms with van der Waals surface area (Å²) >= 11 is 0. The van der Waals surface area contributed by atoms with Crippen molar-refractivity contribution in [3.8, 4) is 6.07 Å². The molecule has 0 bridgehead atoms. The molecule has 2 amide bonds. The van der Waals surface area contributed by atoms with E-state index in [1.54, 1.807) is 36.4 Å². The maximum Gasteiger partial charge on any atom is 0.240 e. The third-order valence-corrected chi connectivity index (χ3v) is 7.10. The molecule has 2 aromatic rings. The first-order chi connectivity index (χ1) is 14.9. The lowest BCUT2D eigenvalue weighted by atomic mass is 9.62. The van der Waals surface area contributed by atoms with Crippen molar-refractivity contribution in [3.05, 3.63) is 42.0 Å². The molecule has 2 fully saturated rings. The predicted octanol–water partition coefficient (Wildman–Crippen LogP) is 2.38. The molecule has 31 heavy (non-hydrogen) atoms. The lowest BCUT2D eigenvalue weighted by molar-refractivity contribution is -0.171. The van der Waals surface area contributed by atoms with Crippen molar-refractivity contribution >= 4 is 28.3 Å². The first kappa shape index (κ1) is 21.4. The number of nitriles is 1. The van der Waals surface area contributed by atoms with E-state index in [0.717, 1.165) is 0 Å². The molecular weight excluding hydrogens is 396 g/mol.